The van der Waals surface area contributed by atoms with Gasteiger partial charge in [0.25, 0.3) is 0 Å². The minimum Gasteiger partial charge on any atom is -0.496 e. The van der Waals surface area contributed by atoms with Crippen LogP contribution in [0.25, 0.3) is 11.3 Å². The van der Waals surface area contributed by atoms with Crippen molar-refractivity contribution in [2.45, 2.75) is 37.9 Å². The summed E-state index contributed by atoms with van der Waals surface area (Å²) in [7, 11) is 1.54. The molecule has 2 bridgehead atoms. The molecule has 27 heavy (non-hydrogen) atoms. The third kappa shape index (κ3) is 2.03. The summed E-state index contributed by atoms with van der Waals surface area (Å²) >= 11 is 0. The van der Waals surface area contributed by atoms with Crippen LogP contribution in [0, 0.1) is 11.8 Å². The van der Waals surface area contributed by atoms with Gasteiger partial charge in [-0.2, -0.15) is 0 Å². The molecule has 3 saturated heterocycles. The molecule has 3 fully saturated rings. The van der Waals surface area contributed by atoms with E-state index >= 15 is 0 Å². The van der Waals surface area contributed by atoms with E-state index in [0.29, 0.717) is 22.8 Å². The SMILES string of the molecule is COc1cc(N2C(=O)[C@@H]3[C@H](C2=O)C2(C)CCC3(C)O2)ccc1-c1cnco1. The number of benzene rings is 1. The van der Waals surface area contributed by atoms with Crippen molar-refractivity contribution in [1.82, 2.24) is 4.98 Å². The van der Waals surface area contributed by atoms with Crippen LogP contribution in [0.3, 0.4) is 0 Å². The predicted octanol–water partition coefficient (Wildman–Crippen LogP) is 2.80. The lowest BCUT2D eigenvalue weighted by atomic mass is 9.69. The molecule has 3 aliphatic rings. The maximum absolute atomic E-state index is 13.2. The van der Waals surface area contributed by atoms with E-state index in [1.54, 1.807) is 24.4 Å². The molecule has 4 atom stereocenters. The van der Waals surface area contributed by atoms with Crippen molar-refractivity contribution in [3.63, 3.8) is 0 Å². The number of imide groups is 1. The van der Waals surface area contributed by atoms with Crippen molar-refractivity contribution in [3.8, 4) is 17.1 Å². The number of anilines is 1. The number of amides is 2. The van der Waals surface area contributed by atoms with Crippen molar-refractivity contribution in [3.05, 3.63) is 30.8 Å². The number of carbonyl (C=O) groups is 2. The van der Waals surface area contributed by atoms with E-state index in [2.05, 4.69) is 4.98 Å². The van der Waals surface area contributed by atoms with Gasteiger partial charge in [-0.1, -0.05) is 0 Å². The molecule has 7 heteroatoms. The van der Waals surface area contributed by atoms with Crippen molar-refractivity contribution < 1.29 is 23.5 Å². The molecule has 3 aliphatic heterocycles. The Labute approximate surface area is 156 Å². The van der Waals surface area contributed by atoms with Crippen LogP contribution in [0.2, 0.25) is 0 Å². The van der Waals surface area contributed by atoms with Crippen molar-refractivity contribution in [2.24, 2.45) is 11.8 Å². The smallest absolute Gasteiger partial charge is 0.240 e. The number of aromatic nitrogens is 1. The van der Waals surface area contributed by atoms with Crippen molar-refractivity contribution in [1.29, 1.82) is 0 Å². The van der Waals surface area contributed by atoms with E-state index < -0.39 is 23.0 Å². The van der Waals surface area contributed by atoms with Gasteiger partial charge in [-0.3, -0.25) is 9.59 Å². The zero-order chi connectivity index (χ0) is 19.0. The fraction of sp³-hybridized carbons (Fsp3) is 0.450. The number of hydrogen-bond donors (Lipinski definition) is 0. The highest BCUT2D eigenvalue weighted by Crippen LogP contribution is 2.61. The van der Waals surface area contributed by atoms with Gasteiger partial charge >= 0.3 is 0 Å². The van der Waals surface area contributed by atoms with E-state index in [4.69, 9.17) is 13.9 Å². The largest absolute Gasteiger partial charge is 0.496 e. The van der Waals surface area contributed by atoms with Gasteiger partial charge in [0.2, 0.25) is 11.8 Å². The summed E-state index contributed by atoms with van der Waals surface area (Å²) < 4.78 is 16.9. The highest BCUT2D eigenvalue weighted by atomic mass is 16.5. The summed E-state index contributed by atoms with van der Waals surface area (Å²) in [5.74, 6) is -0.164. The van der Waals surface area contributed by atoms with E-state index in [0.717, 1.165) is 12.8 Å². The van der Waals surface area contributed by atoms with Crippen LogP contribution in [0.4, 0.5) is 5.69 Å². The average molecular weight is 368 g/mol. The van der Waals surface area contributed by atoms with E-state index in [1.165, 1.54) is 18.4 Å². The molecule has 2 aromatic rings. The number of oxazole rings is 1. The first-order valence-electron chi connectivity index (χ1n) is 9.03. The normalized spacial score (nSPS) is 34.4. The quantitative estimate of drug-likeness (QED) is 0.775. The minimum absolute atomic E-state index is 0.189. The Balaban J connectivity index is 1.56. The maximum Gasteiger partial charge on any atom is 0.240 e. The van der Waals surface area contributed by atoms with Gasteiger partial charge in [-0.05, 0) is 38.8 Å². The molecule has 7 nitrogen and oxygen atoms in total. The summed E-state index contributed by atoms with van der Waals surface area (Å²) in [5.41, 5.74) is 0.0849. The van der Waals surface area contributed by atoms with Gasteiger partial charge in [0, 0.05) is 6.07 Å². The van der Waals surface area contributed by atoms with Gasteiger partial charge < -0.3 is 13.9 Å². The second-order valence-electron chi connectivity index (χ2n) is 7.94. The first-order valence-corrected chi connectivity index (χ1v) is 9.03. The van der Waals surface area contributed by atoms with E-state index in [-0.39, 0.29) is 11.8 Å². The molecule has 5 rings (SSSR count). The second kappa shape index (κ2) is 5.19. The van der Waals surface area contributed by atoms with Crippen LogP contribution in [0.5, 0.6) is 5.75 Å². The minimum atomic E-state index is -0.565. The number of carbonyl (C=O) groups excluding carboxylic acids is 2. The molecule has 0 saturated carbocycles. The second-order valence-corrected chi connectivity index (χ2v) is 7.94. The maximum atomic E-state index is 13.2. The zero-order valence-electron chi connectivity index (χ0n) is 15.4. The molecule has 0 aliphatic carbocycles. The first-order chi connectivity index (χ1) is 12.9. The lowest BCUT2D eigenvalue weighted by Crippen LogP contribution is -2.40. The fourth-order valence-electron chi connectivity index (χ4n) is 5.09. The summed E-state index contributed by atoms with van der Waals surface area (Å²) in [4.78, 5) is 31.6. The summed E-state index contributed by atoms with van der Waals surface area (Å²) in [5, 5.41) is 0. The molecular formula is C20H20N2O5. The first kappa shape index (κ1) is 16.5. The number of hydrogen-bond acceptors (Lipinski definition) is 6. The third-order valence-corrected chi connectivity index (χ3v) is 6.35. The summed E-state index contributed by atoms with van der Waals surface area (Å²) in [6, 6.07) is 5.21. The van der Waals surface area contributed by atoms with Gasteiger partial charge in [0.15, 0.2) is 12.2 Å². The topological polar surface area (TPSA) is 81.9 Å². The number of fused-ring (bicyclic) bond motifs is 5. The van der Waals surface area contributed by atoms with Crippen molar-refractivity contribution >= 4 is 17.5 Å². The molecular weight excluding hydrogens is 348 g/mol. The van der Waals surface area contributed by atoms with Gasteiger partial charge in [0.1, 0.15) is 5.75 Å². The van der Waals surface area contributed by atoms with Crippen LogP contribution < -0.4 is 9.64 Å². The third-order valence-electron chi connectivity index (χ3n) is 6.35. The van der Waals surface area contributed by atoms with Gasteiger partial charge in [-0.25, -0.2) is 9.88 Å². The highest BCUT2D eigenvalue weighted by Gasteiger charge is 2.72. The molecule has 0 spiro atoms. The number of rotatable bonds is 3. The zero-order valence-corrected chi connectivity index (χ0v) is 15.4. The van der Waals surface area contributed by atoms with Gasteiger partial charge in [0.05, 0.1) is 47.6 Å². The van der Waals surface area contributed by atoms with Gasteiger partial charge in [-0.15, -0.1) is 0 Å². The van der Waals surface area contributed by atoms with Crippen LogP contribution in [-0.4, -0.2) is 35.1 Å². The molecule has 1 aromatic carbocycles. The Kier molecular flexibility index (Phi) is 3.17. The monoisotopic (exact) mass is 368 g/mol. The lowest BCUT2D eigenvalue weighted by Gasteiger charge is -2.27. The Hall–Kier alpha value is -2.67. The molecule has 2 unspecified atom stereocenters. The Morgan fingerprint density at radius 2 is 1.81 bits per heavy atom. The Bertz CT molecular complexity index is 921. The number of methoxy groups -OCH3 is 1. The Morgan fingerprint density at radius 1 is 1.15 bits per heavy atom. The van der Waals surface area contributed by atoms with Crippen LogP contribution in [0.15, 0.2) is 35.2 Å². The Morgan fingerprint density at radius 3 is 2.37 bits per heavy atom. The molecule has 1 aromatic heterocycles. The summed E-state index contributed by atoms with van der Waals surface area (Å²) in [6.07, 6.45) is 4.52. The fourth-order valence-corrected chi connectivity index (χ4v) is 5.09. The van der Waals surface area contributed by atoms with Crippen LogP contribution in [-0.2, 0) is 14.3 Å². The molecule has 140 valence electrons. The van der Waals surface area contributed by atoms with Crippen LogP contribution >= 0.6 is 0 Å². The average Bonchev–Trinajstić information content (AvgIpc) is 3.37. The predicted molar refractivity (Wildman–Crippen MR) is 95.1 cm³/mol. The molecule has 2 amide bonds. The number of ether oxygens (including phenoxy) is 2. The van der Waals surface area contributed by atoms with E-state index in [1.807, 2.05) is 13.8 Å². The number of nitrogens with zero attached hydrogens (tertiary/aromatic N) is 2. The molecule has 0 radical (unpaired) electrons. The molecule has 4 heterocycles. The van der Waals surface area contributed by atoms with Crippen LogP contribution in [0.1, 0.15) is 26.7 Å². The van der Waals surface area contributed by atoms with Crippen molar-refractivity contribution in [2.75, 3.05) is 12.0 Å². The summed E-state index contributed by atoms with van der Waals surface area (Å²) in [6.45, 7) is 3.90. The van der Waals surface area contributed by atoms with E-state index in [9.17, 15) is 9.59 Å². The highest BCUT2D eigenvalue weighted by molar-refractivity contribution is 6.23. The lowest BCUT2D eigenvalue weighted by molar-refractivity contribution is -0.129. The molecule has 0 N–H and O–H groups in total. The standard InChI is InChI=1S/C20H20N2O5/c1-19-6-7-20(2,27-19)16-15(19)17(23)22(18(16)24)11-4-5-12(13(8-11)25-3)14-9-21-10-26-14/h4-5,8-10,15-16H,6-7H2,1-3H3/t15-,16+,19?,20?.